The molecule has 2 fully saturated rings. The van der Waals surface area contributed by atoms with Gasteiger partial charge in [-0.25, -0.2) is 4.79 Å². The average Bonchev–Trinajstić information content (AvgIpc) is 2.56. The molecule has 2 saturated heterocycles. The van der Waals surface area contributed by atoms with E-state index in [-0.39, 0.29) is 36.7 Å². The number of carbonyl (C=O) groups excluding carboxylic acids is 2. The molecule has 3 atom stereocenters. The number of hydrogen-bond acceptors (Lipinski definition) is 4. The number of nitrogens with one attached hydrogen (secondary N) is 2. The molecule has 7 heteroatoms. The SMILES string of the molecule is CC(C)NC(=O)N[C@H]1CC[C@@H](CC(=O)N2CCCCC2)O[C@@H]1CO. The fourth-order valence-corrected chi connectivity index (χ4v) is 3.39. The molecule has 2 heterocycles. The van der Waals surface area contributed by atoms with E-state index in [1.54, 1.807) is 0 Å². The Morgan fingerprint density at radius 1 is 1.21 bits per heavy atom. The van der Waals surface area contributed by atoms with Gasteiger partial charge in [0.1, 0.15) is 6.10 Å². The highest BCUT2D eigenvalue weighted by Crippen LogP contribution is 2.23. The summed E-state index contributed by atoms with van der Waals surface area (Å²) in [5.74, 6) is 0.139. The molecule has 7 nitrogen and oxygen atoms in total. The maximum absolute atomic E-state index is 12.3. The van der Waals surface area contributed by atoms with Crippen LogP contribution in [0.15, 0.2) is 0 Å². The van der Waals surface area contributed by atoms with Crippen LogP contribution in [0.1, 0.15) is 52.4 Å². The summed E-state index contributed by atoms with van der Waals surface area (Å²) in [6, 6.07) is -0.424. The second-order valence-electron chi connectivity index (χ2n) is 7.08. The molecule has 0 aromatic rings. The number of nitrogens with zero attached hydrogens (tertiary/aromatic N) is 1. The molecular formula is C17H31N3O4. The van der Waals surface area contributed by atoms with Crippen LogP contribution >= 0.6 is 0 Å². The van der Waals surface area contributed by atoms with Gasteiger partial charge in [-0.15, -0.1) is 0 Å². The molecule has 0 bridgehead atoms. The van der Waals surface area contributed by atoms with Crippen molar-refractivity contribution in [2.45, 2.75) is 76.7 Å². The molecule has 0 unspecified atom stereocenters. The molecule has 2 aliphatic rings. The Labute approximate surface area is 144 Å². The third-order valence-corrected chi connectivity index (χ3v) is 4.64. The minimum absolute atomic E-state index is 0.0528. The smallest absolute Gasteiger partial charge is 0.315 e. The first-order valence-corrected chi connectivity index (χ1v) is 9.10. The predicted molar refractivity (Wildman–Crippen MR) is 90.6 cm³/mol. The highest BCUT2D eigenvalue weighted by atomic mass is 16.5. The summed E-state index contributed by atoms with van der Waals surface area (Å²) in [5.41, 5.74) is 0. The second kappa shape index (κ2) is 9.22. The molecule has 0 spiro atoms. The van der Waals surface area contributed by atoms with Crippen LogP contribution < -0.4 is 10.6 Å². The van der Waals surface area contributed by atoms with Gasteiger partial charge in [-0.05, 0) is 46.0 Å². The molecule has 0 saturated carbocycles. The van der Waals surface area contributed by atoms with Gasteiger partial charge >= 0.3 is 6.03 Å². The number of urea groups is 1. The third-order valence-electron chi connectivity index (χ3n) is 4.64. The predicted octanol–water partition coefficient (Wildman–Crippen LogP) is 1.01. The van der Waals surface area contributed by atoms with Crippen LogP contribution in [0.3, 0.4) is 0 Å². The van der Waals surface area contributed by atoms with Crippen molar-refractivity contribution in [3.63, 3.8) is 0 Å². The van der Waals surface area contributed by atoms with Crippen molar-refractivity contribution < 1.29 is 19.4 Å². The molecule has 24 heavy (non-hydrogen) atoms. The Hall–Kier alpha value is -1.34. The van der Waals surface area contributed by atoms with Gasteiger partial charge in [-0.3, -0.25) is 4.79 Å². The van der Waals surface area contributed by atoms with Crippen molar-refractivity contribution in [3.8, 4) is 0 Å². The first kappa shape index (κ1) is 19.0. The lowest BCUT2D eigenvalue weighted by Gasteiger charge is -2.37. The van der Waals surface area contributed by atoms with Gasteiger partial charge in [-0.2, -0.15) is 0 Å². The summed E-state index contributed by atoms with van der Waals surface area (Å²) in [6.45, 7) is 5.30. The first-order valence-electron chi connectivity index (χ1n) is 9.10. The van der Waals surface area contributed by atoms with Crippen molar-refractivity contribution >= 4 is 11.9 Å². The highest BCUT2D eigenvalue weighted by molar-refractivity contribution is 5.77. The van der Waals surface area contributed by atoms with E-state index in [0.717, 1.165) is 25.9 Å². The number of rotatable bonds is 5. The van der Waals surface area contributed by atoms with Gasteiger partial charge in [-0.1, -0.05) is 0 Å². The minimum Gasteiger partial charge on any atom is -0.394 e. The van der Waals surface area contributed by atoms with Crippen molar-refractivity contribution in [2.24, 2.45) is 0 Å². The molecule has 0 radical (unpaired) electrons. The standard InChI is InChI=1S/C17H31N3O4/c1-12(2)18-17(23)19-14-7-6-13(24-15(14)11-21)10-16(22)20-8-4-3-5-9-20/h12-15,21H,3-11H2,1-2H3,(H2,18,19,23)/t13-,14-,15+/m0/s1. The third kappa shape index (κ3) is 5.63. The summed E-state index contributed by atoms with van der Waals surface area (Å²) in [4.78, 5) is 26.1. The van der Waals surface area contributed by atoms with Crippen LogP contribution in [0, 0.1) is 0 Å². The maximum atomic E-state index is 12.3. The van der Waals surface area contributed by atoms with Crippen LogP contribution in [0.4, 0.5) is 4.79 Å². The second-order valence-corrected chi connectivity index (χ2v) is 7.08. The average molecular weight is 341 g/mol. The molecule has 0 aromatic heterocycles. The maximum Gasteiger partial charge on any atom is 0.315 e. The Balaban J connectivity index is 1.80. The zero-order chi connectivity index (χ0) is 17.5. The van der Waals surface area contributed by atoms with E-state index in [9.17, 15) is 14.7 Å². The summed E-state index contributed by atoms with van der Waals surface area (Å²) in [6.07, 6.45) is 4.49. The van der Waals surface area contributed by atoms with E-state index in [2.05, 4.69) is 10.6 Å². The topological polar surface area (TPSA) is 90.9 Å². The van der Waals surface area contributed by atoms with Crippen LogP contribution in [0.5, 0.6) is 0 Å². The van der Waals surface area contributed by atoms with Crippen molar-refractivity contribution in [2.75, 3.05) is 19.7 Å². The number of piperidine rings is 1. The number of amides is 3. The Kier molecular flexibility index (Phi) is 7.30. The molecule has 3 amide bonds. The number of aliphatic hydroxyl groups is 1. The molecule has 3 N–H and O–H groups in total. The molecular weight excluding hydrogens is 310 g/mol. The monoisotopic (exact) mass is 341 g/mol. The van der Waals surface area contributed by atoms with Crippen LogP contribution in [-0.4, -0.2) is 65.9 Å². The lowest BCUT2D eigenvalue weighted by Crippen LogP contribution is -2.54. The van der Waals surface area contributed by atoms with Gasteiger partial charge < -0.3 is 25.4 Å². The van der Waals surface area contributed by atoms with Gasteiger partial charge in [0.05, 0.1) is 25.2 Å². The van der Waals surface area contributed by atoms with E-state index in [4.69, 9.17) is 4.74 Å². The molecule has 2 rings (SSSR count). The quantitative estimate of drug-likeness (QED) is 0.696. The number of carbonyl (C=O) groups is 2. The molecule has 0 aliphatic carbocycles. The number of ether oxygens (including phenoxy) is 1. The highest BCUT2D eigenvalue weighted by Gasteiger charge is 2.33. The number of aliphatic hydroxyl groups excluding tert-OH is 1. The zero-order valence-electron chi connectivity index (χ0n) is 14.8. The Bertz CT molecular complexity index is 424. The van der Waals surface area contributed by atoms with E-state index >= 15 is 0 Å². The summed E-state index contributed by atoms with van der Waals surface area (Å²) >= 11 is 0. The van der Waals surface area contributed by atoms with Crippen molar-refractivity contribution in [1.82, 2.24) is 15.5 Å². The van der Waals surface area contributed by atoms with E-state index in [1.807, 2.05) is 18.7 Å². The van der Waals surface area contributed by atoms with E-state index < -0.39 is 6.10 Å². The molecule has 2 aliphatic heterocycles. The van der Waals surface area contributed by atoms with E-state index in [0.29, 0.717) is 19.3 Å². The number of likely N-dealkylation sites (tertiary alicyclic amines) is 1. The van der Waals surface area contributed by atoms with Crippen molar-refractivity contribution in [1.29, 1.82) is 0 Å². The summed E-state index contributed by atoms with van der Waals surface area (Å²) < 4.78 is 5.88. The lowest BCUT2D eigenvalue weighted by atomic mass is 9.96. The normalized spacial score (nSPS) is 27.8. The minimum atomic E-state index is -0.462. The van der Waals surface area contributed by atoms with E-state index in [1.165, 1.54) is 6.42 Å². The Morgan fingerprint density at radius 3 is 2.54 bits per heavy atom. The van der Waals surface area contributed by atoms with Gasteiger partial charge in [0.15, 0.2) is 0 Å². The zero-order valence-corrected chi connectivity index (χ0v) is 14.8. The number of hydrogen-bond donors (Lipinski definition) is 3. The lowest BCUT2D eigenvalue weighted by molar-refractivity contribution is -0.141. The summed E-state index contributed by atoms with van der Waals surface area (Å²) in [7, 11) is 0. The van der Waals surface area contributed by atoms with Gasteiger partial charge in [0, 0.05) is 19.1 Å². The Morgan fingerprint density at radius 2 is 1.92 bits per heavy atom. The van der Waals surface area contributed by atoms with Crippen LogP contribution in [0.25, 0.3) is 0 Å². The summed E-state index contributed by atoms with van der Waals surface area (Å²) in [5, 5.41) is 15.2. The molecule has 138 valence electrons. The largest absolute Gasteiger partial charge is 0.394 e. The van der Waals surface area contributed by atoms with Gasteiger partial charge in [0.2, 0.25) is 5.91 Å². The fraction of sp³-hybridized carbons (Fsp3) is 0.882. The van der Waals surface area contributed by atoms with Gasteiger partial charge in [0.25, 0.3) is 0 Å². The van der Waals surface area contributed by atoms with Crippen molar-refractivity contribution in [3.05, 3.63) is 0 Å². The first-order chi connectivity index (χ1) is 11.5. The van der Waals surface area contributed by atoms with Crippen LogP contribution in [0.2, 0.25) is 0 Å². The van der Waals surface area contributed by atoms with Crippen LogP contribution in [-0.2, 0) is 9.53 Å². The fourth-order valence-electron chi connectivity index (χ4n) is 3.39. The molecule has 0 aromatic carbocycles.